The van der Waals surface area contributed by atoms with Gasteiger partial charge in [0, 0.05) is 48.4 Å². The summed E-state index contributed by atoms with van der Waals surface area (Å²) < 4.78 is 13.3. The predicted octanol–water partition coefficient (Wildman–Crippen LogP) is 4.85. The molecule has 0 radical (unpaired) electrons. The standard InChI is InChI=1S/C26H23FN4O2S/c1-16(32)17-4-8-20(9-5-17)30-12-14-31(15-13-30)26(33)24-23(28)21-10-11-22(29-25(21)34-24)18-2-6-19(27)7-3-18/h2-11H,12-15,28H2,1H3. The fourth-order valence-corrected chi connectivity index (χ4v) is 5.22. The van der Waals surface area contributed by atoms with E-state index < -0.39 is 0 Å². The van der Waals surface area contributed by atoms with Crippen LogP contribution in [0.1, 0.15) is 27.0 Å². The number of aromatic nitrogens is 1. The van der Waals surface area contributed by atoms with Crippen LogP contribution < -0.4 is 10.6 Å². The van der Waals surface area contributed by atoms with Crippen LogP contribution in [0.25, 0.3) is 21.5 Å². The fraction of sp³-hybridized carbons (Fsp3) is 0.192. The average Bonchev–Trinajstić information content (AvgIpc) is 3.20. The third kappa shape index (κ3) is 4.12. The van der Waals surface area contributed by atoms with Crippen molar-refractivity contribution in [3.63, 3.8) is 0 Å². The summed E-state index contributed by atoms with van der Waals surface area (Å²) in [5.41, 5.74) is 10.0. The molecular weight excluding hydrogens is 451 g/mol. The second kappa shape index (κ2) is 8.87. The molecule has 1 aliphatic rings. The number of carbonyl (C=O) groups is 2. The Morgan fingerprint density at radius 1 is 0.941 bits per heavy atom. The van der Waals surface area contributed by atoms with Gasteiger partial charge in [-0.05, 0) is 67.6 Å². The van der Waals surface area contributed by atoms with Crippen LogP contribution in [0.2, 0.25) is 0 Å². The molecule has 172 valence electrons. The molecule has 0 saturated carbocycles. The molecule has 1 saturated heterocycles. The van der Waals surface area contributed by atoms with Gasteiger partial charge in [-0.15, -0.1) is 11.3 Å². The smallest absolute Gasteiger partial charge is 0.266 e. The molecule has 0 unspecified atom stereocenters. The molecule has 1 aliphatic heterocycles. The van der Waals surface area contributed by atoms with Gasteiger partial charge >= 0.3 is 0 Å². The molecule has 2 aromatic heterocycles. The Hall–Kier alpha value is -3.78. The van der Waals surface area contributed by atoms with Crippen molar-refractivity contribution in [2.75, 3.05) is 36.8 Å². The third-order valence-corrected chi connectivity index (χ3v) is 7.24. The lowest BCUT2D eigenvalue weighted by atomic mass is 10.1. The second-order valence-electron chi connectivity index (χ2n) is 8.28. The van der Waals surface area contributed by atoms with Crippen LogP contribution in [-0.2, 0) is 0 Å². The maximum atomic E-state index is 13.3. The molecular formula is C26H23FN4O2S. The number of amides is 1. The Bertz CT molecular complexity index is 1370. The Balaban J connectivity index is 1.32. The van der Waals surface area contributed by atoms with E-state index in [9.17, 15) is 14.0 Å². The van der Waals surface area contributed by atoms with Crippen molar-refractivity contribution < 1.29 is 14.0 Å². The SMILES string of the molecule is CC(=O)c1ccc(N2CCN(C(=O)c3sc4nc(-c5ccc(F)cc5)ccc4c3N)CC2)cc1. The number of carbonyl (C=O) groups excluding carboxylic acids is 2. The van der Waals surface area contributed by atoms with Crippen molar-refractivity contribution >= 4 is 44.6 Å². The van der Waals surface area contributed by atoms with Gasteiger partial charge in [0.2, 0.25) is 0 Å². The molecule has 5 rings (SSSR count). The van der Waals surface area contributed by atoms with Crippen molar-refractivity contribution in [1.82, 2.24) is 9.88 Å². The minimum Gasteiger partial charge on any atom is -0.397 e. The molecule has 8 heteroatoms. The maximum absolute atomic E-state index is 13.3. The summed E-state index contributed by atoms with van der Waals surface area (Å²) >= 11 is 1.29. The van der Waals surface area contributed by atoms with Crippen LogP contribution >= 0.6 is 11.3 Å². The number of anilines is 2. The van der Waals surface area contributed by atoms with Crippen molar-refractivity contribution in [1.29, 1.82) is 0 Å². The summed E-state index contributed by atoms with van der Waals surface area (Å²) in [5, 5.41) is 0.753. The molecule has 1 fully saturated rings. The van der Waals surface area contributed by atoms with E-state index in [2.05, 4.69) is 9.88 Å². The minimum absolute atomic E-state index is 0.0437. The van der Waals surface area contributed by atoms with Crippen LogP contribution in [0.15, 0.2) is 60.7 Å². The first kappa shape index (κ1) is 22.0. The predicted molar refractivity (Wildman–Crippen MR) is 134 cm³/mol. The zero-order valence-corrected chi connectivity index (χ0v) is 19.4. The van der Waals surface area contributed by atoms with Crippen LogP contribution in [0.5, 0.6) is 0 Å². The monoisotopic (exact) mass is 474 g/mol. The summed E-state index contributed by atoms with van der Waals surface area (Å²) in [4.78, 5) is 34.7. The topological polar surface area (TPSA) is 79.5 Å². The van der Waals surface area contributed by atoms with E-state index in [1.807, 2.05) is 41.3 Å². The molecule has 4 aromatic rings. The van der Waals surface area contributed by atoms with E-state index >= 15 is 0 Å². The Morgan fingerprint density at radius 2 is 1.62 bits per heavy atom. The lowest BCUT2D eigenvalue weighted by Crippen LogP contribution is -2.48. The van der Waals surface area contributed by atoms with Gasteiger partial charge in [-0.2, -0.15) is 0 Å². The number of piperazine rings is 1. The van der Waals surface area contributed by atoms with Crippen LogP contribution in [0.3, 0.4) is 0 Å². The highest BCUT2D eigenvalue weighted by molar-refractivity contribution is 7.21. The molecule has 1 amide bonds. The maximum Gasteiger partial charge on any atom is 0.266 e. The Morgan fingerprint density at radius 3 is 2.26 bits per heavy atom. The van der Waals surface area contributed by atoms with Gasteiger partial charge in [0.05, 0.1) is 11.4 Å². The zero-order chi connectivity index (χ0) is 23.8. The van der Waals surface area contributed by atoms with E-state index in [1.54, 1.807) is 19.1 Å². The number of rotatable bonds is 4. The normalized spacial score (nSPS) is 13.9. The van der Waals surface area contributed by atoms with Gasteiger partial charge in [-0.3, -0.25) is 9.59 Å². The summed E-state index contributed by atoms with van der Waals surface area (Å²) in [7, 11) is 0. The first-order valence-electron chi connectivity index (χ1n) is 11.0. The number of nitrogens with zero attached hydrogens (tertiary/aromatic N) is 3. The van der Waals surface area contributed by atoms with Gasteiger partial charge in [0.1, 0.15) is 15.5 Å². The second-order valence-corrected chi connectivity index (χ2v) is 9.28. The van der Waals surface area contributed by atoms with E-state index in [4.69, 9.17) is 5.73 Å². The van der Waals surface area contributed by atoms with Gasteiger partial charge < -0.3 is 15.5 Å². The quantitative estimate of drug-likeness (QED) is 0.428. The fourth-order valence-electron chi connectivity index (χ4n) is 4.16. The van der Waals surface area contributed by atoms with Crippen molar-refractivity contribution in [2.45, 2.75) is 6.92 Å². The first-order chi connectivity index (χ1) is 16.4. The number of hydrogen-bond donors (Lipinski definition) is 1. The molecule has 6 nitrogen and oxygen atoms in total. The van der Waals surface area contributed by atoms with E-state index in [0.717, 1.165) is 16.6 Å². The molecule has 0 aliphatic carbocycles. The average molecular weight is 475 g/mol. The highest BCUT2D eigenvalue weighted by Gasteiger charge is 2.26. The number of nitrogen functional groups attached to an aromatic ring is 1. The summed E-state index contributed by atoms with van der Waals surface area (Å²) in [6.07, 6.45) is 0. The Kier molecular flexibility index (Phi) is 5.75. The molecule has 0 atom stereocenters. The van der Waals surface area contributed by atoms with E-state index in [1.165, 1.54) is 23.5 Å². The van der Waals surface area contributed by atoms with Crippen molar-refractivity contribution in [3.05, 3.63) is 76.9 Å². The molecule has 0 spiro atoms. The number of ketones is 1. The highest BCUT2D eigenvalue weighted by atomic mass is 32.1. The van der Waals surface area contributed by atoms with Crippen molar-refractivity contribution in [3.8, 4) is 11.3 Å². The number of Topliss-reactive ketones (excluding diaryl/α,β-unsaturated/α-hetero) is 1. The number of hydrogen-bond acceptors (Lipinski definition) is 6. The van der Waals surface area contributed by atoms with Crippen LogP contribution in [0.4, 0.5) is 15.8 Å². The third-order valence-electron chi connectivity index (χ3n) is 6.13. The number of pyridine rings is 1. The number of fused-ring (bicyclic) bond motifs is 1. The summed E-state index contributed by atoms with van der Waals surface area (Å²) in [5.74, 6) is -0.344. The highest BCUT2D eigenvalue weighted by Crippen LogP contribution is 2.35. The number of nitrogens with two attached hydrogens (primary N) is 1. The lowest BCUT2D eigenvalue weighted by Gasteiger charge is -2.36. The lowest BCUT2D eigenvalue weighted by molar-refractivity contribution is 0.0752. The first-order valence-corrected chi connectivity index (χ1v) is 11.8. The Labute approximate surface area is 200 Å². The summed E-state index contributed by atoms with van der Waals surface area (Å²) in [6.45, 7) is 4.11. The largest absolute Gasteiger partial charge is 0.397 e. The van der Waals surface area contributed by atoms with E-state index in [-0.39, 0.29) is 17.5 Å². The molecule has 2 aromatic carbocycles. The van der Waals surface area contributed by atoms with E-state index in [0.29, 0.717) is 52.8 Å². The van der Waals surface area contributed by atoms with Crippen LogP contribution in [-0.4, -0.2) is 47.8 Å². The van der Waals surface area contributed by atoms with Gasteiger partial charge in [-0.25, -0.2) is 9.37 Å². The molecule has 0 bridgehead atoms. The minimum atomic E-state index is -0.300. The molecule has 3 heterocycles. The molecule has 2 N–H and O–H groups in total. The zero-order valence-electron chi connectivity index (χ0n) is 18.6. The molecule has 34 heavy (non-hydrogen) atoms. The number of halogens is 1. The van der Waals surface area contributed by atoms with Gasteiger partial charge in [0.15, 0.2) is 5.78 Å². The van der Waals surface area contributed by atoms with Crippen molar-refractivity contribution in [2.24, 2.45) is 0 Å². The van der Waals surface area contributed by atoms with Gasteiger partial charge in [0.25, 0.3) is 5.91 Å². The number of benzene rings is 2. The van der Waals surface area contributed by atoms with Gasteiger partial charge in [-0.1, -0.05) is 0 Å². The van der Waals surface area contributed by atoms with Crippen LogP contribution in [0, 0.1) is 5.82 Å². The number of thiophene rings is 1. The summed E-state index contributed by atoms with van der Waals surface area (Å²) in [6, 6.07) is 17.4.